The third-order valence-corrected chi connectivity index (χ3v) is 4.72. The summed E-state index contributed by atoms with van der Waals surface area (Å²) in [5, 5.41) is 6.43. The Hall–Kier alpha value is -1.85. The lowest BCUT2D eigenvalue weighted by atomic mass is 10.1. The Balaban J connectivity index is 1.79. The molecule has 2 aromatic carbocycles. The van der Waals surface area contributed by atoms with E-state index >= 15 is 0 Å². The van der Waals surface area contributed by atoms with E-state index in [4.69, 9.17) is 4.74 Å². The van der Waals surface area contributed by atoms with Crippen molar-refractivity contribution in [2.75, 3.05) is 13.1 Å². The molecule has 0 aliphatic carbocycles. The third kappa shape index (κ3) is 4.36. The van der Waals surface area contributed by atoms with E-state index in [1.165, 1.54) is 0 Å². The van der Waals surface area contributed by atoms with Crippen LogP contribution in [0.1, 0.15) is 24.5 Å². The maximum Gasteiger partial charge on any atom is 0.266 e. The fraction of sp³-hybridized carbons (Fsp3) is 0.316. The molecule has 24 heavy (non-hydrogen) atoms. The average Bonchev–Trinajstić information content (AvgIpc) is 2.62. The summed E-state index contributed by atoms with van der Waals surface area (Å²) >= 11 is 3.48. The van der Waals surface area contributed by atoms with Crippen LogP contribution in [0.25, 0.3) is 0 Å². The van der Waals surface area contributed by atoms with Crippen LogP contribution in [0.4, 0.5) is 0 Å². The Labute approximate surface area is 150 Å². The predicted octanol–water partition coefficient (Wildman–Crippen LogP) is 3.44. The van der Waals surface area contributed by atoms with E-state index in [0.29, 0.717) is 5.75 Å². The van der Waals surface area contributed by atoms with Crippen LogP contribution in [0.5, 0.6) is 5.75 Å². The molecular weight excluding hydrogens is 368 g/mol. The van der Waals surface area contributed by atoms with Crippen molar-refractivity contribution in [1.29, 1.82) is 0 Å². The molecule has 4 nitrogen and oxygen atoms in total. The molecule has 1 aliphatic heterocycles. The summed E-state index contributed by atoms with van der Waals surface area (Å²) in [6.07, 6.45) is 1.40. The molecule has 1 amide bonds. The molecule has 0 radical (unpaired) electrons. The van der Waals surface area contributed by atoms with Crippen molar-refractivity contribution in [3.8, 4) is 5.75 Å². The van der Waals surface area contributed by atoms with Gasteiger partial charge in [-0.05, 0) is 47.4 Å². The summed E-state index contributed by atoms with van der Waals surface area (Å²) in [5.41, 5.74) is 0.842. The van der Waals surface area contributed by atoms with Gasteiger partial charge >= 0.3 is 0 Å². The van der Waals surface area contributed by atoms with Gasteiger partial charge in [-0.25, -0.2) is 0 Å². The number of carbonyl (C=O) groups excluding carboxylic acids is 1. The SMILES string of the molecule is O=C(NC1CCCNC1)C(Oc1ccccc1Br)c1ccccc1. The zero-order valence-electron chi connectivity index (χ0n) is 13.4. The number of hydrogen-bond donors (Lipinski definition) is 2. The maximum absolute atomic E-state index is 12.8. The molecule has 0 aromatic heterocycles. The molecule has 2 N–H and O–H groups in total. The van der Waals surface area contributed by atoms with E-state index in [0.717, 1.165) is 36.0 Å². The van der Waals surface area contributed by atoms with Crippen LogP contribution in [-0.4, -0.2) is 25.0 Å². The Morgan fingerprint density at radius 1 is 1.17 bits per heavy atom. The second-order valence-corrected chi connectivity index (χ2v) is 6.75. The minimum Gasteiger partial charge on any atom is -0.475 e. The maximum atomic E-state index is 12.8. The van der Waals surface area contributed by atoms with Crippen molar-refractivity contribution in [1.82, 2.24) is 10.6 Å². The highest BCUT2D eigenvalue weighted by Gasteiger charge is 2.26. The fourth-order valence-corrected chi connectivity index (χ4v) is 3.20. The van der Waals surface area contributed by atoms with Gasteiger partial charge in [-0.3, -0.25) is 4.79 Å². The van der Waals surface area contributed by atoms with E-state index in [-0.39, 0.29) is 11.9 Å². The molecule has 0 saturated carbocycles. The molecule has 1 saturated heterocycles. The van der Waals surface area contributed by atoms with Crippen LogP contribution < -0.4 is 15.4 Å². The topological polar surface area (TPSA) is 50.4 Å². The van der Waals surface area contributed by atoms with E-state index in [2.05, 4.69) is 26.6 Å². The monoisotopic (exact) mass is 388 g/mol. The number of halogens is 1. The average molecular weight is 389 g/mol. The van der Waals surface area contributed by atoms with Gasteiger partial charge < -0.3 is 15.4 Å². The van der Waals surface area contributed by atoms with E-state index in [1.807, 2.05) is 54.6 Å². The van der Waals surface area contributed by atoms with Crippen LogP contribution in [0.2, 0.25) is 0 Å². The lowest BCUT2D eigenvalue weighted by Gasteiger charge is -2.27. The highest BCUT2D eigenvalue weighted by molar-refractivity contribution is 9.10. The second kappa shape index (κ2) is 8.31. The molecule has 5 heteroatoms. The Kier molecular flexibility index (Phi) is 5.88. The number of amides is 1. The zero-order valence-corrected chi connectivity index (χ0v) is 15.0. The van der Waals surface area contributed by atoms with Gasteiger partial charge in [-0.2, -0.15) is 0 Å². The van der Waals surface area contributed by atoms with Gasteiger partial charge in [0.05, 0.1) is 4.47 Å². The third-order valence-electron chi connectivity index (χ3n) is 4.07. The summed E-state index contributed by atoms with van der Waals surface area (Å²) in [7, 11) is 0. The molecule has 126 valence electrons. The van der Waals surface area contributed by atoms with Gasteiger partial charge in [0.1, 0.15) is 5.75 Å². The van der Waals surface area contributed by atoms with Crippen molar-refractivity contribution in [3.05, 3.63) is 64.6 Å². The van der Waals surface area contributed by atoms with Crippen LogP contribution in [0.15, 0.2) is 59.1 Å². The summed E-state index contributed by atoms with van der Waals surface area (Å²) in [4.78, 5) is 12.8. The van der Waals surface area contributed by atoms with Crippen LogP contribution in [0, 0.1) is 0 Å². The number of rotatable bonds is 5. The Morgan fingerprint density at radius 2 is 1.92 bits per heavy atom. The fourth-order valence-electron chi connectivity index (χ4n) is 2.82. The number of piperidine rings is 1. The Morgan fingerprint density at radius 3 is 2.62 bits per heavy atom. The van der Waals surface area contributed by atoms with Gasteiger partial charge in [0.25, 0.3) is 5.91 Å². The molecule has 3 rings (SSSR count). The molecule has 2 unspecified atom stereocenters. The van der Waals surface area contributed by atoms with E-state index in [9.17, 15) is 4.79 Å². The van der Waals surface area contributed by atoms with Crippen molar-refractivity contribution in [2.45, 2.75) is 25.0 Å². The van der Waals surface area contributed by atoms with Gasteiger partial charge in [0, 0.05) is 18.2 Å². The summed E-state index contributed by atoms with van der Waals surface area (Å²) < 4.78 is 6.89. The van der Waals surface area contributed by atoms with E-state index in [1.54, 1.807) is 0 Å². The Bertz CT molecular complexity index is 672. The minimum absolute atomic E-state index is 0.106. The van der Waals surface area contributed by atoms with Crippen LogP contribution in [-0.2, 0) is 4.79 Å². The number of nitrogens with one attached hydrogen (secondary N) is 2. The molecule has 0 spiro atoms. The highest BCUT2D eigenvalue weighted by Crippen LogP contribution is 2.29. The second-order valence-electron chi connectivity index (χ2n) is 5.89. The first-order chi connectivity index (χ1) is 11.7. The normalized spacial score (nSPS) is 18.6. The van der Waals surface area contributed by atoms with Gasteiger partial charge in [0.2, 0.25) is 6.10 Å². The van der Waals surface area contributed by atoms with Crippen molar-refractivity contribution < 1.29 is 9.53 Å². The molecular formula is C19H21BrN2O2. The first-order valence-electron chi connectivity index (χ1n) is 8.21. The minimum atomic E-state index is -0.674. The summed E-state index contributed by atoms with van der Waals surface area (Å²) in [6.45, 7) is 1.82. The zero-order chi connectivity index (χ0) is 16.8. The molecule has 2 aromatic rings. The van der Waals surface area contributed by atoms with Crippen molar-refractivity contribution in [2.24, 2.45) is 0 Å². The largest absolute Gasteiger partial charge is 0.475 e. The quantitative estimate of drug-likeness (QED) is 0.824. The first kappa shape index (κ1) is 17.0. The van der Waals surface area contributed by atoms with Gasteiger partial charge in [-0.15, -0.1) is 0 Å². The standard InChI is InChI=1S/C19H21BrN2O2/c20-16-10-4-5-11-17(16)24-18(14-7-2-1-3-8-14)19(23)22-15-9-6-12-21-13-15/h1-5,7-8,10-11,15,18,21H,6,9,12-13H2,(H,22,23). The molecule has 1 aliphatic rings. The highest BCUT2D eigenvalue weighted by atomic mass is 79.9. The molecule has 1 heterocycles. The summed E-state index contributed by atoms with van der Waals surface area (Å²) in [5.74, 6) is 0.550. The predicted molar refractivity (Wildman–Crippen MR) is 98.0 cm³/mol. The van der Waals surface area contributed by atoms with Gasteiger partial charge in [0.15, 0.2) is 0 Å². The number of para-hydroxylation sites is 1. The number of ether oxygens (including phenoxy) is 1. The first-order valence-corrected chi connectivity index (χ1v) is 9.00. The van der Waals surface area contributed by atoms with Crippen molar-refractivity contribution >= 4 is 21.8 Å². The lowest BCUT2D eigenvalue weighted by Crippen LogP contribution is -2.47. The van der Waals surface area contributed by atoms with Crippen molar-refractivity contribution in [3.63, 3.8) is 0 Å². The smallest absolute Gasteiger partial charge is 0.266 e. The van der Waals surface area contributed by atoms with Crippen LogP contribution >= 0.6 is 15.9 Å². The number of carbonyl (C=O) groups is 1. The number of benzene rings is 2. The molecule has 0 bridgehead atoms. The number of hydrogen-bond acceptors (Lipinski definition) is 3. The van der Waals surface area contributed by atoms with Crippen LogP contribution in [0.3, 0.4) is 0 Å². The summed E-state index contributed by atoms with van der Waals surface area (Å²) in [6, 6.07) is 17.3. The molecule has 2 atom stereocenters. The van der Waals surface area contributed by atoms with Gasteiger partial charge in [-0.1, -0.05) is 42.5 Å². The van der Waals surface area contributed by atoms with E-state index < -0.39 is 6.10 Å². The lowest BCUT2D eigenvalue weighted by molar-refractivity contribution is -0.129. The molecule has 1 fully saturated rings.